The lowest BCUT2D eigenvalue weighted by atomic mass is 9.84. The number of nitrogens with zero attached hydrogens (tertiary/aromatic N) is 2. The van der Waals surface area contributed by atoms with Crippen molar-refractivity contribution in [2.45, 2.75) is 64.6 Å². The van der Waals surface area contributed by atoms with Gasteiger partial charge in [-0.3, -0.25) is 14.3 Å². The van der Waals surface area contributed by atoms with Crippen molar-refractivity contribution in [3.63, 3.8) is 0 Å². The molecule has 8 nitrogen and oxygen atoms in total. The number of nitrogens with two attached hydrogens (primary N) is 1. The third-order valence-corrected chi connectivity index (χ3v) is 8.04. The highest BCUT2D eigenvalue weighted by Gasteiger charge is 2.32. The largest absolute Gasteiger partial charge is 0.375 e. The average molecular weight is 518 g/mol. The first-order valence-electron chi connectivity index (χ1n) is 13.9. The predicted molar refractivity (Wildman–Crippen MR) is 149 cm³/mol. The Morgan fingerprint density at radius 1 is 1.18 bits per heavy atom. The van der Waals surface area contributed by atoms with Gasteiger partial charge >= 0.3 is 0 Å². The summed E-state index contributed by atoms with van der Waals surface area (Å²) in [6.45, 7) is 5.90. The lowest BCUT2D eigenvalue weighted by molar-refractivity contribution is -0.129. The highest BCUT2D eigenvalue weighted by Crippen LogP contribution is 2.35. The van der Waals surface area contributed by atoms with E-state index in [9.17, 15) is 9.59 Å². The van der Waals surface area contributed by atoms with Gasteiger partial charge in [-0.1, -0.05) is 38.0 Å². The highest BCUT2D eigenvalue weighted by molar-refractivity contribution is 6.08. The number of piperidine rings is 1. The molecule has 2 amide bonds. The number of carbonyl (C=O) groups is 2. The molecule has 202 valence electrons. The molecule has 2 aromatic carbocycles. The Hall–Kier alpha value is -3.23. The van der Waals surface area contributed by atoms with Crippen LogP contribution in [0.1, 0.15) is 67.9 Å². The fraction of sp³-hybridized carbons (Fsp3) is 0.500. The molecule has 0 radical (unpaired) electrons. The Kier molecular flexibility index (Phi) is 8.09. The summed E-state index contributed by atoms with van der Waals surface area (Å²) in [6, 6.07) is 12.8. The van der Waals surface area contributed by atoms with Gasteiger partial charge in [0.25, 0.3) is 5.91 Å². The molecular weight excluding hydrogens is 478 g/mol. The van der Waals surface area contributed by atoms with Crippen molar-refractivity contribution in [1.29, 1.82) is 0 Å². The quantitative estimate of drug-likeness (QED) is 0.369. The third kappa shape index (κ3) is 5.61. The van der Waals surface area contributed by atoms with Crippen molar-refractivity contribution < 1.29 is 14.3 Å². The van der Waals surface area contributed by atoms with E-state index in [4.69, 9.17) is 15.6 Å². The number of aromatic nitrogens is 2. The van der Waals surface area contributed by atoms with Crippen LogP contribution in [0, 0.1) is 11.8 Å². The first kappa shape index (κ1) is 26.4. The minimum absolute atomic E-state index is 0.0122. The number of rotatable bonds is 9. The molecule has 2 fully saturated rings. The number of ether oxygens (including phenoxy) is 1. The summed E-state index contributed by atoms with van der Waals surface area (Å²) in [7, 11) is 0. The van der Waals surface area contributed by atoms with E-state index in [0.29, 0.717) is 37.9 Å². The average Bonchev–Trinajstić information content (AvgIpc) is 3.58. The molecule has 0 bridgehead atoms. The molecular formula is C30H39N5O3. The van der Waals surface area contributed by atoms with Crippen LogP contribution in [0.2, 0.25) is 0 Å². The summed E-state index contributed by atoms with van der Waals surface area (Å²) in [5.74, 6) is -0.193. The molecule has 8 heteroatoms. The van der Waals surface area contributed by atoms with Crippen molar-refractivity contribution >= 4 is 22.7 Å². The molecule has 3 atom stereocenters. The summed E-state index contributed by atoms with van der Waals surface area (Å²) < 4.78 is 7.75. The van der Waals surface area contributed by atoms with Crippen LogP contribution in [0.5, 0.6) is 0 Å². The van der Waals surface area contributed by atoms with Gasteiger partial charge in [-0.05, 0) is 67.0 Å². The van der Waals surface area contributed by atoms with E-state index < -0.39 is 0 Å². The Labute approximate surface area is 224 Å². The second kappa shape index (κ2) is 11.7. The molecule has 3 unspecified atom stereocenters. The Balaban J connectivity index is 1.47. The fourth-order valence-electron chi connectivity index (χ4n) is 6.03. The van der Waals surface area contributed by atoms with E-state index in [1.54, 1.807) is 0 Å². The van der Waals surface area contributed by atoms with Crippen molar-refractivity contribution in [2.75, 3.05) is 19.7 Å². The van der Waals surface area contributed by atoms with Gasteiger partial charge in [0.15, 0.2) is 0 Å². The maximum absolute atomic E-state index is 13.6. The van der Waals surface area contributed by atoms with Crippen molar-refractivity contribution in [3.8, 4) is 11.1 Å². The Morgan fingerprint density at radius 3 is 2.76 bits per heavy atom. The Morgan fingerprint density at radius 2 is 2.00 bits per heavy atom. The van der Waals surface area contributed by atoms with Gasteiger partial charge in [0, 0.05) is 24.5 Å². The maximum atomic E-state index is 13.6. The fourth-order valence-corrected chi connectivity index (χ4v) is 6.03. The van der Waals surface area contributed by atoms with E-state index in [-0.39, 0.29) is 29.7 Å². The SMILES string of the molecule is CC1CC(C)C(CNC(=O)c2cc(-c3cccc(COCCN)c3)cc3c2cnn3C2CCCC2)C(=O)N1. The van der Waals surface area contributed by atoms with Crippen LogP contribution >= 0.6 is 0 Å². The molecule has 1 aliphatic heterocycles. The molecule has 2 aliphatic rings. The molecule has 1 saturated heterocycles. The molecule has 5 rings (SSSR count). The lowest BCUT2D eigenvalue weighted by Gasteiger charge is -2.32. The molecule has 1 aliphatic carbocycles. The third-order valence-electron chi connectivity index (χ3n) is 8.04. The smallest absolute Gasteiger partial charge is 0.252 e. The van der Waals surface area contributed by atoms with Crippen molar-refractivity contribution in [3.05, 3.63) is 53.7 Å². The van der Waals surface area contributed by atoms with Crippen LogP contribution in [0.25, 0.3) is 22.0 Å². The zero-order valence-electron chi connectivity index (χ0n) is 22.4. The van der Waals surface area contributed by atoms with Gasteiger partial charge in [-0.25, -0.2) is 0 Å². The van der Waals surface area contributed by atoms with Gasteiger partial charge in [-0.2, -0.15) is 5.10 Å². The molecule has 3 aromatic rings. The van der Waals surface area contributed by atoms with E-state index >= 15 is 0 Å². The molecule has 2 heterocycles. The first-order chi connectivity index (χ1) is 18.4. The minimum Gasteiger partial charge on any atom is -0.375 e. The topological polar surface area (TPSA) is 111 Å². The zero-order valence-corrected chi connectivity index (χ0v) is 22.4. The van der Waals surface area contributed by atoms with E-state index in [1.807, 2.05) is 31.3 Å². The number of hydrogen-bond donors (Lipinski definition) is 3. The monoisotopic (exact) mass is 517 g/mol. The zero-order chi connectivity index (χ0) is 26.6. The van der Waals surface area contributed by atoms with E-state index in [2.05, 4.69) is 40.4 Å². The number of amides is 2. The molecule has 0 spiro atoms. The summed E-state index contributed by atoms with van der Waals surface area (Å²) in [4.78, 5) is 26.2. The van der Waals surface area contributed by atoms with Crippen molar-refractivity contribution in [2.24, 2.45) is 17.6 Å². The second-order valence-corrected chi connectivity index (χ2v) is 11.0. The summed E-state index contributed by atoms with van der Waals surface area (Å²) in [5, 5.41) is 11.7. The number of fused-ring (bicyclic) bond motifs is 1. The Bertz CT molecular complexity index is 1300. The van der Waals surface area contributed by atoms with Gasteiger partial charge in [-0.15, -0.1) is 0 Å². The summed E-state index contributed by atoms with van der Waals surface area (Å²) >= 11 is 0. The van der Waals surface area contributed by atoms with Crippen LogP contribution in [-0.2, 0) is 16.1 Å². The van der Waals surface area contributed by atoms with Crippen LogP contribution in [0.3, 0.4) is 0 Å². The van der Waals surface area contributed by atoms with E-state index in [1.165, 1.54) is 12.8 Å². The number of benzene rings is 2. The molecule has 38 heavy (non-hydrogen) atoms. The van der Waals surface area contributed by atoms with Gasteiger partial charge in [0.05, 0.1) is 42.5 Å². The van der Waals surface area contributed by atoms with Crippen LogP contribution in [0.4, 0.5) is 0 Å². The second-order valence-electron chi connectivity index (χ2n) is 11.0. The molecule has 4 N–H and O–H groups in total. The normalized spacial score (nSPS) is 22.1. The first-order valence-corrected chi connectivity index (χ1v) is 13.9. The maximum Gasteiger partial charge on any atom is 0.252 e. The van der Waals surface area contributed by atoms with Gasteiger partial charge in [0.1, 0.15) is 0 Å². The van der Waals surface area contributed by atoms with Gasteiger partial charge in [0.2, 0.25) is 5.91 Å². The standard InChI is InChI=1S/C30H39N5O3/c1-19-12-20(2)34-30(37)26(19)16-32-29(36)25-14-23(22-7-5-6-21(13-22)18-38-11-10-31)15-28-27(25)17-33-35(28)24-8-3-4-9-24/h5-7,13-15,17,19-20,24,26H,3-4,8-12,16,18,31H2,1-2H3,(H,32,36)(H,34,37). The highest BCUT2D eigenvalue weighted by atomic mass is 16.5. The number of carbonyl (C=O) groups excluding carboxylic acids is 2. The van der Waals surface area contributed by atoms with Gasteiger partial charge < -0.3 is 21.1 Å². The molecule has 1 saturated carbocycles. The van der Waals surface area contributed by atoms with Crippen LogP contribution < -0.4 is 16.4 Å². The number of nitrogens with one attached hydrogen (secondary N) is 2. The predicted octanol–water partition coefficient (Wildman–Crippen LogP) is 4.18. The summed E-state index contributed by atoms with van der Waals surface area (Å²) in [5.41, 5.74) is 10.2. The minimum atomic E-state index is -0.236. The van der Waals surface area contributed by atoms with Crippen molar-refractivity contribution in [1.82, 2.24) is 20.4 Å². The molecule has 1 aromatic heterocycles. The lowest BCUT2D eigenvalue weighted by Crippen LogP contribution is -2.50. The van der Waals surface area contributed by atoms with Crippen LogP contribution in [0.15, 0.2) is 42.6 Å². The van der Waals surface area contributed by atoms with E-state index in [0.717, 1.165) is 46.9 Å². The van der Waals surface area contributed by atoms with Crippen LogP contribution in [-0.4, -0.2) is 47.3 Å². The summed E-state index contributed by atoms with van der Waals surface area (Å²) in [6.07, 6.45) is 7.33. The number of hydrogen-bond acceptors (Lipinski definition) is 5.